The first-order valence-corrected chi connectivity index (χ1v) is 8.10. The van der Waals surface area contributed by atoms with Crippen LogP contribution in [0.2, 0.25) is 5.02 Å². The van der Waals surface area contributed by atoms with E-state index in [0.29, 0.717) is 23.1 Å². The smallest absolute Gasteiger partial charge is 0.250 e. The maximum absolute atomic E-state index is 13.2. The Morgan fingerprint density at radius 1 is 1.36 bits per heavy atom. The largest absolute Gasteiger partial charge is 0.307 e. The highest BCUT2D eigenvalue weighted by Crippen LogP contribution is 2.17. The van der Waals surface area contributed by atoms with Crippen molar-refractivity contribution >= 4 is 23.3 Å². The Labute approximate surface area is 149 Å². The molecule has 2 heterocycles. The number of benzene rings is 1. The van der Waals surface area contributed by atoms with E-state index in [1.807, 2.05) is 6.07 Å². The van der Waals surface area contributed by atoms with E-state index >= 15 is 0 Å². The molecule has 0 saturated heterocycles. The number of halogens is 2. The fourth-order valence-corrected chi connectivity index (χ4v) is 2.49. The van der Waals surface area contributed by atoms with Crippen LogP contribution in [0.1, 0.15) is 24.2 Å². The highest BCUT2D eigenvalue weighted by molar-refractivity contribution is 6.31. The Morgan fingerprint density at radius 3 is 2.84 bits per heavy atom. The van der Waals surface area contributed by atoms with Crippen LogP contribution in [0.3, 0.4) is 0 Å². The van der Waals surface area contributed by atoms with E-state index in [4.69, 9.17) is 11.6 Å². The fraction of sp³-hybridized carbons (Fsp3) is 0.235. The topological polar surface area (TPSA) is 64.7 Å². The number of hydrogen-bond acceptors (Lipinski definition) is 3. The number of anilines is 1. The molecule has 0 saturated carbocycles. The van der Waals surface area contributed by atoms with Crippen LogP contribution >= 0.6 is 11.6 Å². The highest BCUT2D eigenvalue weighted by atomic mass is 35.5. The first-order chi connectivity index (χ1) is 11.9. The highest BCUT2D eigenvalue weighted by Gasteiger charge is 2.18. The molecular formula is C17H17ClFN5O. The second-order valence-electron chi connectivity index (χ2n) is 5.74. The zero-order chi connectivity index (χ0) is 18.0. The SMILES string of the molecule is Cc1nn(C(C)C(=O)Nc2ccn(Cc3cccc(F)c3)n2)cc1Cl. The summed E-state index contributed by atoms with van der Waals surface area (Å²) >= 11 is 5.97. The molecule has 3 rings (SSSR count). The Morgan fingerprint density at radius 2 is 2.16 bits per heavy atom. The third-order valence-corrected chi connectivity index (χ3v) is 4.13. The van der Waals surface area contributed by atoms with Gasteiger partial charge in [0.2, 0.25) is 5.91 Å². The monoisotopic (exact) mass is 361 g/mol. The molecular weight excluding hydrogens is 345 g/mol. The standard InChI is InChI=1S/C17H17ClFN5O/c1-11-15(18)10-24(21-11)12(2)17(25)20-16-6-7-23(22-16)9-13-4-3-5-14(19)8-13/h3-8,10,12H,9H2,1-2H3,(H,20,22,25). The number of aromatic nitrogens is 4. The van der Waals surface area contributed by atoms with E-state index < -0.39 is 6.04 Å². The summed E-state index contributed by atoms with van der Waals surface area (Å²) < 4.78 is 16.4. The summed E-state index contributed by atoms with van der Waals surface area (Å²) in [5.41, 5.74) is 1.46. The van der Waals surface area contributed by atoms with E-state index in [1.165, 1.54) is 16.8 Å². The van der Waals surface area contributed by atoms with Crippen molar-refractivity contribution in [2.24, 2.45) is 0 Å². The second-order valence-corrected chi connectivity index (χ2v) is 6.14. The van der Waals surface area contributed by atoms with E-state index in [-0.39, 0.29) is 11.7 Å². The van der Waals surface area contributed by atoms with Crippen LogP contribution in [0.4, 0.5) is 10.2 Å². The molecule has 1 atom stereocenters. The van der Waals surface area contributed by atoms with Crippen LogP contribution in [0.25, 0.3) is 0 Å². The Balaban J connectivity index is 1.65. The molecule has 1 aromatic carbocycles. The summed E-state index contributed by atoms with van der Waals surface area (Å²) in [7, 11) is 0. The van der Waals surface area contributed by atoms with Crippen molar-refractivity contribution in [2.75, 3.05) is 5.32 Å². The van der Waals surface area contributed by atoms with Crippen LogP contribution < -0.4 is 5.32 Å². The molecule has 1 amide bonds. The number of hydrogen-bond donors (Lipinski definition) is 1. The zero-order valence-corrected chi connectivity index (χ0v) is 14.5. The minimum absolute atomic E-state index is 0.254. The molecule has 1 N–H and O–H groups in total. The zero-order valence-electron chi connectivity index (χ0n) is 13.8. The fourth-order valence-electron chi connectivity index (χ4n) is 2.35. The van der Waals surface area contributed by atoms with Crippen LogP contribution in [0.5, 0.6) is 0 Å². The second kappa shape index (κ2) is 7.06. The van der Waals surface area contributed by atoms with Gasteiger partial charge in [0, 0.05) is 18.5 Å². The minimum atomic E-state index is -0.528. The normalized spacial score (nSPS) is 12.2. The van der Waals surface area contributed by atoms with Gasteiger partial charge < -0.3 is 5.32 Å². The van der Waals surface area contributed by atoms with Crippen LogP contribution in [-0.4, -0.2) is 25.5 Å². The van der Waals surface area contributed by atoms with Gasteiger partial charge in [-0.05, 0) is 31.5 Å². The molecule has 0 bridgehead atoms. The maximum Gasteiger partial charge on any atom is 0.250 e. The summed E-state index contributed by atoms with van der Waals surface area (Å²) in [6, 6.07) is 7.46. The predicted octanol–water partition coefficient (Wildman–Crippen LogP) is 3.43. The molecule has 0 spiro atoms. The van der Waals surface area contributed by atoms with Crippen LogP contribution in [-0.2, 0) is 11.3 Å². The molecule has 0 fully saturated rings. The lowest BCUT2D eigenvalue weighted by molar-refractivity contribution is -0.119. The van der Waals surface area contributed by atoms with E-state index in [2.05, 4.69) is 15.5 Å². The molecule has 0 aliphatic carbocycles. The predicted molar refractivity (Wildman–Crippen MR) is 93.0 cm³/mol. The van der Waals surface area contributed by atoms with Gasteiger partial charge in [-0.25, -0.2) is 4.39 Å². The number of amides is 1. The summed E-state index contributed by atoms with van der Waals surface area (Å²) in [5.74, 6) is -0.126. The number of nitrogens with one attached hydrogen (secondary N) is 1. The number of carbonyl (C=O) groups is 1. The first kappa shape index (κ1) is 17.2. The van der Waals surface area contributed by atoms with Crippen molar-refractivity contribution in [3.05, 3.63) is 64.8 Å². The van der Waals surface area contributed by atoms with Crippen molar-refractivity contribution in [3.63, 3.8) is 0 Å². The first-order valence-electron chi connectivity index (χ1n) is 7.72. The van der Waals surface area contributed by atoms with E-state index in [0.717, 1.165) is 5.56 Å². The van der Waals surface area contributed by atoms with Gasteiger partial charge in [0.25, 0.3) is 0 Å². The van der Waals surface area contributed by atoms with Gasteiger partial charge in [-0.15, -0.1) is 0 Å². The molecule has 130 valence electrons. The average molecular weight is 362 g/mol. The van der Waals surface area contributed by atoms with Crippen molar-refractivity contribution in [2.45, 2.75) is 26.4 Å². The van der Waals surface area contributed by atoms with Crippen molar-refractivity contribution in [1.29, 1.82) is 0 Å². The maximum atomic E-state index is 13.2. The van der Waals surface area contributed by atoms with Gasteiger partial charge in [-0.1, -0.05) is 23.7 Å². The molecule has 2 aromatic heterocycles. The molecule has 3 aromatic rings. The van der Waals surface area contributed by atoms with Crippen LogP contribution in [0, 0.1) is 12.7 Å². The van der Waals surface area contributed by atoms with Gasteiger partial charge in [-0.3, -0.25) is 14.2 Å². The van der Waals surface area contributed by atoms with Gasteiger partial charge in [0.15, 0.2) is 5.82 Å². The van der Waals surface area contributed by atoms with Gasteiger partial charge in [0.1, 0.15) is 11.9 Å². The lowest BCUT2D eigenvalue weighted by atomic mass is 10.2. The summed E-state index contributed by atoms with van der Waals surface area (Å²) in [6.45, 7) is 3.91. The molecule has 0 aliphatic heterocycles. The number of rotatable bonds is 5. The molecule has 25 heavy (non-hydrogen) atoms. The van der Waals surface area contributed by atoms with Gasteiger partial charge >= 0.3 is 0 Å². The van der Waals surface area contributed by atoms with Gasteiger partial charge in [-0.2, -0.15) is 10.2 Å². The van der Waals surface area contributed by atoms with Crippen molar-refractivity contribution in [3.8, 4) is 0 Å². The molecule has 0 radical (unpaired) electrons. The lowest BCUT2D eigenvalue weighted by Crippen LogP contribution is -2.24. The quantitative estimate of drug-likeness (QED) is 0.757. The lowest BCUT2D eigenvalue weighted by Gasteiger charge is -2.11. The van der Waals surface area contributed by atoms with Crippen LogP contribution in [0.15, 0.2) is 42.7 Å². The summed E-state index contributed by atoms with van der Waals surface area (Å²) in [5, 5.41) is 11.7. The number of aryl methyl sites for hydroxylation is 1. The Hall–Kier alpha value is -2.67. The molecule has 1 unspecified atom stereocenters. The Kier molecular flexibility index (Phi) is 4.85. The van der Waals surface area contributed by atoms with Crippen molar-refractivity contribution in [1.82, 2.24) is 19.6 Å². The third kappa shape index (κ3) is 4.06. The summed E-state index contributed by atoms with van der Waals surface area (Å²) in [6.07, 6.45) is 3.34. The molecule has 8 heteroatoms. The number of nitrogens with zero attached hydrogens (tertiary/aromatic N) is 4. The van der Waals surface area contributed by atoms with Gasteiger partial charge in [0.05, 0.1) is 17.3 Å². The molecule has 6 nitrogen and oxygen atoms in total. The summed E-state index contributed by atoms with van der Waals surface area (Å²) in [4.78, 5) is 12.3. The van der Waals surface area contributed by atoms with E-state index in [1.54, 1.807) is 43.1 Å². The minimum Gasteiger partial charge on any atom is -0.307 e. The van der Waals surface area contributed by atoms with Crippen molar-refractivity contribution < 1.29 is 9.18 Å². The third-order valence-electron chi connectivity index (χ3n) is 3.76. The number of carbonyl (C=O) groups excluding carboxylic acids is 1. The van der Waals surface area contributed by atoms with E-state index in [9.17, 15) is 9.18 Å². The Bertz CT molecular complexity index is 885. The average Bonchev–Trinajstić information content (AvgIpc) is 3.13. The molecule has 0 aliphatic rings.